The molecule has 0 fully saturated rings. The molecule has 0 aliphatic carbocycles. The zero-order chi connectivity index (χ0) is 12.3. The lowest BCUT2D eigenvalue weighted by molar-refractivity contribution is 0.579. The lowest BCUT2D eigenvalue weighted by Crippen LogP contribution is -2.02. The molecule has 1 aromatic heterocycles. The van der Waals surface area contributed by atoms with E-state index in [1.807, 2.05) is 0 Å². The number of allylic oxidation sites excluding steroid dienone is 2. The Labute approximate surface area is 97.4 Å². The number of halogens is 2. The molecule has 0 aliphatic heterocycles. The second-order valence-electron chi connectivity index (χ2n) is 3.53. The summed E-state index contributed by atoms with van der Waals surface area (Å²) in [5, 5.41) is 3.94. The van der Waals surface area contributed by atoms with Crippen LogP contribution in [0.25, 0.3) is 5.57 Å². The van der Waals surface area contributed by atoms with E-state index in [4.69, 9.17) is 0 Å². The maximum atomic E-state index is 13.6. The molecule has 0 amide bonds. The predicted octanol–water partition coefficient (Wildman–Crippen LogP) is 2.66. The van der Waals surface area contributed by atoms with Gasteiger partial charge in [0.25, 0.3) is 0 Å². The Balaban J connectivity index is 2.30. The van der Waals surface area contributed by atoms with Crippen molar-refractivity contribution in [1.82, 2.24) is 14.8 Å². The van der Waals surface area contributed by atoms with Gasteiger partial charge in [0.15, 0.2) is 0 Å². The number of aromatic nitrogens is 3. The average molecular weight is 235 g/mol. The van der Waals surface area contributed by atoms with Crippen LogP contribution in [0, 0.1) is 11.6 Å². The van der Waals surface area contributed by atoms with E-state index in [0.717, 1.165) is 11.6 Å². The maximum absolute atomic E-state index is 13.6. The van der Waals surface area contributed by atoms with Crippen molar-refractivity contribution < 1.29 is 8.78 Å². The topological polar surface area (TPSA) is 30.7 Å². The molecule has 1 aromatic carbocycles. The first-order valence-corrected chi connectivity index (χ1v) is 5.13. The number of rotatable bonds is 3. The highest BCUT2D eigenvalue weighted by atomic mass is 19.1. The normalized spacial score (nSPS) is 11.8. The van der Waals surface area contributed by atoms with Crippen LogP contribution in [0.2, 0.25) is 0 Å². The van der Waals surface area contributed by atoms with Crippen molar-refractivity contribution in [3.63, 3.8) is 0 Å². The van der Waals surface area contributed by atoms with Crippen LogP contribution in [0.5, 0.6) is 0 Å². The SMILES string of the molecule is C/C=C(\Cn1cncn1)c1ccc(F)cc1F. The second kappa shape index (κ2) is 4.86. The van der Waals surface area contributed by atoms with Crippen LogP contribution in [0.1, 0.15) is 12.5 Å². The summed E-state index contributed by atoms with van der Waals surface area (Å²) in [4.78, 5) is 3.81. The standard InChI is InChI=1S/C12H11F2N3/c1-2-9(6-17-8-15-7-16-17)11-4-3-10(13)5-12(11)14/h2-5,7-8H,6H2,1H3/b9-2+. The third kappa shape index (κ3) is 2.55. The van der Waals surface area contributed by atoms with Crippen LogP contribution in [-0.2, 0) is 6.54 Å². The van der Waals surface area contributed by atoms with Crippen LogP contribution in [0.4, 0.5) is 8.78 Å². The summed E-state index contributed by atoms with van der Waals surface area (Å²) in [7, 11) is 0. The summed E-state index contributed by atoms with van der Waals surface area (Å²) in [5.74, 6) is -1.15. The van der Waals surface area contributed by atoms with Gasteiger partial charge in [0, 0.05) is 11.6 Å². The third-order valence-electron chi connectivity index (χ3n) is 2.42. The number of hydrogen-bond acceptors (Lipinski definition) is 2. The number of hydrogen-bond donors (Lipinski definition) is 0. The van der Waals surface area contributed by atoms with Crippen molar-refractivity contribution in [2.75, 3.05) is 0 Å². The minimum Gasteiger partial charge on any atom is -0.249 e. The Morgan fingerprint density at radius 3 is 2.82 bits per heavy atom. The molecule has 1 heterocycles. The molecule has 0 saturated carbocycles. The van der Waals surface area contributed by atoms with Crippen molar-refractivity contribution in [3.8, 4) is 0 Å². The first kappa shape index (κ1) is 11.4. The van der Waals surface area contributed by atoms with Crippen LogP contribution in [0.3, 0.4) is 0 Å². The molecule has 0 N–H and O–H groups in total. The van der Waals surface area contributed by atoms with Gasteiger partial charge in [0.05, 0.1) is 6.54 Å². The molecule has 0 atom stereocenters. The zero-order valence-corrected chi connectivity index (χ0v) is 9.27. The van der Waals surface area contributed by atoms with Crippen LogP contribution in [-0.4, -0.2) is 14.8 Å². The van der Waals surface area contributed by atoms with E-state index in [1.165, 1.54) is 18.5 Å². The maximum Gasteiger partial charge on any atom is 0.137 e. The van der Waals surface area contributed by atoms with E-state index in [2.05, 4.69) is 10.1 Å². The molecule has 2 aromatic rings. The molecule has 17 heavy (non-hydrogen) atoms. The summed E-state index contributed by atoms with van der Waals surface area (Å²) >= 11 is 0. The van der Waals surface area contributed by atoms with Gasteiger partial charge in [-0.3, -0.25) is 0 Å². The largest absolute Gasteiger partial charge is 0.249 e. The lowest BCUT2D eigenvalue weighted by atomic mass is 10.1. The van der Waals surface area contributed by atoms with E-state index >= 15 is 0 Å². The first-order chi connectivity index (χ1) is 8.20. The van der Waals surface area contributed by atoms with Gasteiger partial charge in [-0.2, -0.15) is 5.10 Å². The van der Waals surface area contributed by atoms with Crippen LogP contribution in [0.15, 0.2) is 36.9 Å². The smallest absolute Gasteiger partial charge is 0.137 e. The van der Waals surface area contributed by atoms with E-state index < -0.39 is 11.6 Å². The molecule has 0 radical (unpaired) electrons. The Hall–Kier alpha value is -2.04. The molecule has 0 unspecified atom stereocenters. The molecule has 0 spiro atoms. The third-order valence-corrected chi connectivity index (χ3v) is 2.42. The van der Waals surface area contributed by atoms with Gasteiger partial charge in [0.1, 0.15) is 24.3 Å². The fourth-order valence-corrected chi connectivity index (χ4v) is 1.57. The van der Waals surface area contributed by atoms with Gasteiger partial charge >= 0.3 is 0 Å². The highest BCUT2D eigenvalue weighted by Gasteiger charge is 2.09. The minimum atomic E-state index is -0.581. The molecule has 0 aliphatic rings. The Bertz CT molecular complexity index is 533. The molecule has 2 rings (SSSR count). The lowest BCUT2D eigenvalue weighted by Gasteiger charge is -2.08. The highest BCUT2D eigenvalue weighted by Crippen LogP contribution is 2.20. The van der Waals surface area contributed by atoms with E-state index in [9.17, 15) is 8.78 Å². The second-order valence-corrected chi connectivity index (χ2v) is 3.53. The highest BCUT2D eigenvalue weighted by molar-refractivity contribution is 5.65. The molecule has 3 nitrogen and oxygen atoms in total. The van der Waals surface area contributed by atoms with Crippen LogP contribution < -0.4 is 0 Å². The Kier molecular flexibility index (Phi) is 3.27. The first-order valence-electron chi connectivity index (χ1n) is 5.13. The number of nitrogens with zero attached hydrogens (tertiary/aromatic N) is 3. The van der Waals surface area contributed by atoms with Crippen molar-refractivity contribution in [2.45, 2.75) is 13.5 Å². The fourth-order valence-electron chi connectivity index (χ4n) is 1.57. The van der Waals surface area contributed by atoms with E-state index in [1.54, 1.807) is 24.0 Å². The quantitative estimate of drug-likeness (QED) is 0.818. The average Bonchev–Trinajstić information content (AvgIpc) is 2.79. The van der Waals surface area contributed by atoms with E-state index in [0.29, 0.717) is 12.1 Å². The van der Waals surface area contributed by atoms with Gasteiger partial charge in [0.2, 0.25) is 0 Å². The summed E-state index contributed by atoms with van der Waals surface area (Å²) in [5.41, 5.74) is 1.11. The molecule has 5 heteroatoms. The predicted molar refractivity (Wildman–Crippen MR) is 60.0 cm³/mol. The summed E-state index contributed by atoms with van der Waals surface area (Å²) in [6.07, 6.45) is 4.73. The Morgan fingerprint density at radius 2 is 2.24 bits per heavy atom. The van der Waals surface area contributed by atoms with Gasteiger partial charge in [-0.1, -0.05) is 6.08 Å². The summed E-state index contributed by atoms with van der Waals surface area (Å²) in [6, 6.07) is 3.54. The minimum absolute atomic E-state index is 0.379. The number of benzene rings is 1. The van der Waals surface area contributed by atoms with Crippen LogP contribution >= 0.6 is 0 Å². The van der Waals surface area contributed by atoms with E-state index in [-0.39, 0.29) is 0 Å². The fraction of sp³-hybridized carbons (Fsp3) is 0.167. The monoisotopic (exact) mass is 235 g/mol. The Morgan fingerprint density at radius 1 is 1.41 bits per heavy atom. The van der Waals surface area contributed by atoms with Gasteiger partial charge < -0.3 is 0 Å². The van der Waals surface area contributed by atoms with Crippen molar-refractivity contribution in [2.24, 2.45) is 0 Å². The zero-order valence-electron chi connectivity index (χ0n) is 9.27. The molecule has 0 bridgehead atoms. The molecular formula is C12H11F2N3. The van der Waals surface area contributed by atoms with Crippen molar-refractivity contribution in [1.29, 1.82) is 0 Å². The molecular weight excluding hydrogens is 224 g/mol. The van der Waals surface area contributed by atoms with Gasteiger partial charge in [-0.05, 0) is 24.6 Å². The van der Waals surface area contributed by atoms with Crippen molar-refractivity contribution in [3.05, 3.63) is 54.1 Å². The molecule has 0 saturated heterocycles. The van der Waals surface area contributed by atoms with Gasteiger partial charge in [-0.25, -0.2) is 18.4 Å². The van der Waals surface area contributed by atoms with Gasteiger partial charge in [-0.15, -0.1) is 0 Å². The molecule has 88 valence electrons. The van der Waals surface area contributed by atoms with Crippen molar-refractivity contribution >= 4 is 5.57 Å². The summed E-state index contributed by atoms with van der Waals surface area (Å²) in [6.45, 7) is 2.20. The summed E-state index contributed by atoms with van der Waals surface area (Å²) < 4.78 is 28.0.